The number of rotatable bonds is 7. The van der Waals surface area contributed by atoms with Gasteiger partial charge in [0.2, 0.25) is 0 Å². The van der Waals surface area contributed by atoms with Crippen molar-refractivity contribution >= 4 is 5.97 Å². The molecule has 1 aliphatic carbocycles. The summed E-state index contributed by atoms with van der Waals surface area (Å²) < 4.78 is 14.3. The molecule has 5 heteroatoms. The monoisotopic (exact) mass is 416 g/mol. The third-order valence-corrected chi connectivity index (χ3v) is 6.51. The summed E-state index contributed by atoms with van der Waals surface area (Å²) in [6, 6.07) is 15.0. The first kappa shape index (κ1) is 19.9. The lowest BCUT2D eigenvalue weighted by Crippen LogP contribution is -2.25. The molecule has 1 aromatic heterocycles. The minimum atomic E-state index is -0.909. The van der Waals surface area contributed by atoms with E-state index < -0.39 is 5.97 Å². The van der Waals surface area contributed by atoms with Crippen molar-refractivity contribution in [3.63, 3.8) is 0 Å². The highest BCUT2D eigenvalue weighted by Crippen LogP contribution is 2.42. The van der Waals surface area contributed by atoms with Gasteiger partial charge in [-0.25, -0.2) is 9.18 Å². The van der Waals surface area contributed by atoms with Crippen LogP contribution in [0.25, 0.3) is 11.1 Å². The Balaban J connectivity index is 1.42. The van der Waals surface area contributed by atoms with Crippen LogP contribution in [0.1, 0.15) is 52.4 Å². The van der Waals surface area contributed by atoms with Gasteiger partial charge in [-0.3, -0.25) is 9.88 Å². The van der Waals surface area contributed by atoms with Crippen LogP contribution in [0.5, 0.6) is 0 Å². The number of pyridine rings is 1. The van der Waals surface area contributed by atoms with Crippen molar-refractivity contribution in [2.24, 2.45) is 5.92 Å². The Labute approximate surface area is 181 Å². The van der Waals surface area contributed by atoms with Gasteiger partial charge in [0.25, 0.3) is 0 Å². The lowest BCUT2D eigenvalue weighted by Gasteiger charge is -2.25. The largest absolute Gasteiger partial charge is 0.478 e. The Kier molecular flexibility index (Phi) is 5.28. The van der Waals surface area contributed by atoms with E-state index in [-0.39, 0.29) is 11.9 Å². The Hall–Kier alpha value is -3.05. The van der Waals surface area contributed by atoms with Crippen molar-refractivity contribution in [1.29, 1.82) is 0 Å². The van der Waals surface area contributed by atoms with E-state index in [1.54, 1.807) is 18.3 Å². The van der Waals surface area contributed by atoms with Gasteiger partial charge in [0.1, 0.15) is 5.82 Å². The highest BCUT2D eigenvalue weighted by Gasteiger charge is 2.34. The topological polar surface area (TPSA) is 53.4 Å². The number of hydrogen-bond acceptors (Lipinski definition) is 3. The summed E-state index contributed by atoms with van der Waals surface area (Å²) in [7, 11) is 0. The molecule has 2 aromatic carbocycles. The third-order valence-electron chi connectivity index (χ3n) is 6.51. The first-order valence-electron chi connectivity index (χ1n) is 10.9. The number of halogens is 1. The van der Waals surface area contributed by atoms with Crippen molar-refractivity contribution in [3.05, 3.63) is 89.0 Å². The van der Waals surface area contributed by atoms with E-state index in [2.05, 4.69) is 22.0 Å². The molecule has 1 saturated carbocycles. The fraction of sp³-hybridized carbons (Fsp3) is 0.308. The van der Waals surface area contributed by atoms with Gasteiger partial charge in [0.05, 0.1) is 5.56 Å². The molecular weight excluding hydrogens is 391 g/mol. The van der Waals surface area contributed by atoms with Crippen LogP contribution in [0.2, 0.25) is 0 Å². The maximum absolute atomic E-state index is 14.3. The highest BCUT2D eigenvalue weighted by molar-refractivity contribution is 5.89. The van der Waals surface area contributed by atoms with Gasteiger partial charge >= 0.3 is 5.97 Å². The van der Waals surface area contributed by atoms with E-state index in [9.17, 15) is 14.3 Å². The van der Waals surface area contributed by atoms with Crippen LogP contribution in [0.4, 0.5) is 4.39 Å². The van der Waals surface area contributed by atoms with Crippen LogP contribution in [0, 0.1) is 11.7 Å². The second kappa shape index (κ2) is 8.23. The molecule has 1 N–H and O–H groups in total. The maximum Gasteiger partial charge on any atom is 0.336 e. The van der Waals surface area contributed by atoms with E-state index in [0.29, 0.717) is 17.5 Å². The van der Waals surface area contributed by atoms with Gasteiger partial charge in [0, 0.05) is 37.1 Å². The summed E-state index contributed by atoms with van der Waals surface area (Å²) in [4.78, 5) is 18.2. The molecule has 0 bridgehead atoms. The Morgan fingerprint density at radius 3 is 2.77 bits per heavy atom. The number of aromatic carboxylic acids is 1. The fourth-order valence-electron chi connectivity index (χ4n) is 4.75. The van der Waals surface area contributed by atoms with Crippen LogP contribution in [0.15, 0.2) is 60.9 Å². The standard InChI is InChI=1S/C26H25FN2O2/c27-24-4-2-1-3-21(24)18-7-9-22-20(13-18)16-29(15-17-5-6-17)25(22)10-8-19-14-28-12-11-23(19)26(30)31/h1-4,7,9,11-14,17,25H,5-6,8,10,15-16H2,(H,30,31)/t25-/m0/s1. The van der Waals surface area contributed by atoms with Crippen molar-refractivity contribution in [2.45, 2.75) is 38.3 Å². The minimum Gasteiger partial charge on any atom is -0.478 e. The number of aromatic nitrogens is 1. The summed E-state index contributed by atoms with van der Waals surface area (Å²) in [5, 5.41) is 9.49. The van der Waals surface area contributed by atoms with Crippen molar-refractivity contribution in [1.82, 2.24) is 9.88 Å². The summed E-state index contributed by atoms with van der Waals surface area (Å²) in [6.07, 6.45) is 7.27. The molecule has 0 amide bonds. The summed E-state index contributed by atoms with van der Waals surface area (Å²) >= 11 is 0. The average molecular weight is 416 g/mol. The molecule has 1 atom stereocenters. The third kappa shape index (κ3) is 4.10. The van der Waals surface area contributed by atoms with E-state index in [4.69, 9.17) is 0 Å². The average Bonchev–Trinajstić information content (AvgIpc) is 3.52. The molecule has 2 aliphatic rings. The SMILES string of the molecule is O=C(O)c1ccncc1CC[C@H]1c2ccc(-c3ccccc3F)cc2CN1CC1CC1. The molecule has 2 heterocycles. The predicted octanol–water partition coefficient (Wildman–Crippen LogP) is 5.49. The molecule has 0 saturated heterocycles. The van der Waals surface area contributed by atoms with Crippen molar-refractivity contribution in [2.75, 3.05) is 6.54 Å². The smallest absolute Gasteiger partial charge is 0.336 e. The second-order valence-electron chi connectivity index (χ2n) is 8.66. The Morgan fingerprint density at radius 1 is 1.16 bits per heavy atom. The van der Waals surface area contributed by atoms with Crippen LogP contribution in [-0.4, -0.2) is 27.5 Å². The molecule has 0 spiro atoms. The van der Waals surface area contributed by atoms with Crippen LogP contribution in [0.3, 0.4) is 0 Å². The van der Waals surface area contributed by atoms with Crippen molar-refractivity contribution < 1.29 is 14.3 Å². The van der Waals surface area contributed by atoms with E-state index in [1.807, 2.05) is 18.2 Å². The zero-order valence-corrected chi connectivity index (χ0v) is 17.3. The van der Waals surface area contributed by atoms with Gasteiger partial charge in [0.15, 0.2) is 0 Å². The van der Waals surface area contributed by atoms with Gasteiger partial charge in [-0.15, -0.1) is 0 Å². The quantitative estimate of drug-likeness (QED) is 0.554. The minimum absolute atomic E-state index is 0.204. The first-order chi connectivity index (χ1) is 15.1. The number of nitrogens with zero attached hydrogens (tertiary/aromatic N) is 2. The van der Waals surface area contributed by atoms with E-state index >= 15 is 0 Å². The molecule has 3 aromatic rings. The fourth-order valence-corrected chi connectivity index (χ4v) is 4.75. The summed E-state index contributed by atoms with van der Waals surface area (Å²) in [5.41, 5.74) is 5.17. The number of carboxylic acids is 1. The molecule has 1 aliphatic heterocycles. The van der Waals surface area contributed by atoms with Crippen LogP contribution in [-0.2, 0) is 13.0 Å². The number of aryl methyl sites for hydroxylation is 1. The van der Waals surface area contributed by atoms with Crippen LogP contribution < -0.4 is 0 Å². The molecular formula is C26H25FN2O2. The number of benzene rings is 2. The lowest BCUT2D eigenvalue weighted by atomic mass is 9.94. The molecule has 5 rings (SSSR count). The molecule has 4 nitrogen and oxygen atoms in total. The Morgan fingerprint density at radius 2 is 2.00 bits per heavy atom. The lowest BCUT2D eigenvalue weighted by molar-refractivity contribution is 0.0695. The van der Waals surface area contributed by atoms with Gasteiger partial charge < -0.3 is 5.11 Å². The number of hydrogen-bond donors (Lipinski definition) is 1. The predicted molar refractivity (Wildman–Crippen MR) is 117 cm³/mol. The van der Waals surface area contributed by atoms with E-state index in [0.717, 1.165) is 36.6 Å². The van der Waals surface area contributed by atoms with Crippen molar-refractivity contribution in [3.8, 4) is 11.1 Å². The summed E-state index contributed by atoms with van der Waals surface area (Å²) in [6.45, 7) is 1.92. The normalized spacial score (nSPS) is 18.2. The molecule has 0 unspecified atom stereocenters. The van der Waals surface area contributed by atoms with Gasteiger partial charge in [-0.2, -0.15) is 0 Å². The molecule has 31 heavy (non-hydrogen) atoms. The zero-order valence-electron chi connectivity index (χ0n) is 17.3. The van der Waals surface area contributed by atoms with Gasteiger partial charge in [-0.1, -0.05) is 30.3 Å². The van der Waals surface area contributed by atoms with E-state index in [1.165, 1.54) is 36.2 Å². The molecule has 1 fully saturated rings. The molecule has 158 valence electrons. The summed E-state index contributed by atoms with van der Waals surface area (Å²) in [5.74, 6) is -0.353. The number of carboxylic acid groups (broad SMARTS) is 1. The second-order valence-corrected chi connectivity index (χ2v) is 8.66. The highest BCUT2D eigenvalue weighted by atomic mass is 19.1. The zero-order chi connectivity index (χ0) is 21.4. The van der Waals surface area contributed by atoms with Crippen LogP contribution >= 0.6 is 0 Å². The number of carbonyl (C=O) groups is 1. The maximum atomic E-state index is 14.3. The first-order valence-corrected chi connectivity index (χ1v) is 10.9. The van der Waals surface area contributed by atoms with Gasteiger partial charge in [-0.05, 0) is 72.1 Å². The molecule has 0 radical (unpaired) electrons. The Bertz CT molecular complexity index is 1130. The number of fused-ring (bicyclic) bond motifs is 1.